The van der Waals surface area contributed by atoms with Gasteiger partial charge in [0.15, 0.2) is 11.5 Å². The maximum Gasteiger partial charge on any atom is 0.258 e. The Labute approximate surface area is 200 Å². The van der Waals surface area contributed by atoms with Gasteiger partial charge in [0.25, 0.3) is 5.91 Å². The number of carbonyl (C=O) groups excluding carboxylic acids is 1. The van der Waals surface area contributed by atoms with Crippen LogP contribution in [0.25, 0.3) is 10.9 Å². The Bertz CT molecular complexity index is 1300. The van der Waals surface area contributed by atoms with E-state index in [4.69, 9.17) is 26.2 Å². The summed E-state index contributed by atoms with van der Waals surface area (Å²) in [5.41, 5.74) is 1.60. The molecule has 0 aliphatic heterocycles. The first-order chi connectivity index (χ1) is 16.6. The molecule has 10 nitrogen and oxygen atoms in total. The molecule has 4 rings (SSSR count). The number of hydrogen-bond donors (Lipinski definition) is 3. The van der Waals surface area contributed by atoms with Gasteiger partial charge in [-0.3, -0.25) is 10.1 Å². The highest BCUT2D eigenvalue weighted by Gasteiger charge is 2.13. The smallest absolute Gasteiger partial charge is 0.258 e. The second-order valence-electron chi connectivity index (χ2n) is 7.05. The topological polar surface area (TPSA) is 131 Å². The summed E-state index contributed by atoms with van der Waals surface area (Å²) in [5.74, 6) is 1.34. The van der Waals surface area contributed by atoms with Gasteiger partial charge in [-0.15, -0.1) is 0 Å². The standard InChI is InChI=1S/C23H21ClN6O4/c1-33-19-9-17-18(10-20(19)34-7-3-6-31)27-13-28-21(17)29-16-11-25-23(26-12-16)30-22(32)14-4-2-5-15(24)8-14/h2,4-5,8-13,31H,3,6-7H2,1H3,(H,27,28,29)(H,25,26,30,32). The number of halogens is 1. The third-order valence-corrected chi connectivity index (χ3v) is 4.94. The number of nitrogens with one attached hydrogen (secondary N) is 2. The van der Waals surface area contributed by atoms with Crippen LogP contribution in [0.4, 0.5) is 17.5 Å². The van der Waals surface area contributed by atoms with Gasteiger partial charge in [0.05, 0.1) is 37.3 Å². The second-order valence-corrected chi connectivity index (χ2v) is 7.49. The van der Waals surface area contributed by atoms with Crippen LogP contribution in [0.1, 0.15) is 16.8 Å². The van der Waals surface area contributed by atoms with E-state index in [0.29, 0.717) is 57.5 Å². The molecule has 3 N–H and O–H groups in total. The second kappa shape index (κ2) is 10.7. The van der Waals surface area contributed by atoms with E-state index in [0.717, 1.165) is 0 Å². The summed E-state index contributed by atoms with van der Waals surface area (Å²) < 4.78 is 11.1. The number of ether oxygens (including phenoxy) is 2. The summed E-state index contributed by atoms with van der Waals surface area (Å²) >= 11 is 5.93. The molecule has 1 amide bonds. The molecule has 4 aromatic rings. The number of nitrogens with zero attached hydrogens (tertiary/aromatic N) is 4. The minimum Gasteiger partial charge on any atom is -0.493 e. The fourth-order valence-corrected chi connectivity index (χ4v) is 3.27. The van der Waals surface area contributed by atoms with Crippen LogP contribution in [0, 0.1) is 0 Å². The summed E-state index contributed by atoms with van der Waals surface area (Å²) in [7, 11) is 1.54. The summed E-state index contributed by atoms with van der Waals surface area (Å²) in [5, 5.41) is 15.9. The molecular formula is C23H21ClN6O4. The van der Waals surface area contributed by atoms with Gasteiger partial charge < -0.3 is 19.9 Å². The highest BCUT2D eigenvalue weighted by atomic mass is 35.5. The molecule has 0 unspecified atom stereocenters. The average molecular weight is 481 g/mol. The van der Waals surface area contributed by atoms with Crippen molar-refractivity contribution in [3.63, 3.8) is 0 Å². The average Bonchev–Trinajstić information content (AvgIpc) is 2.85. The summed E-state index contributed by atoms with van der Waals surface area (Å²) in [4.78, 5) is 29.3. The molecule has 2 heterocycles. The fraction of sp³-hybridized carbons (Fsp3) is 0.174. The maximum atomic E-state index is 12.3. The number of methoxy groups -OCH3 is 1. The lowest BCUT2D eigenvalue weighted by molar-refractivity contribution is 0.102. The first-order valence-electron chi connectivity index (χ1n) is 10.3. The zero-order valence-corrected chi connectivity index (χ0v) is 18.9. The Morgan fingerprint density at radius 1 is 1.09 bits per heavy atom. The van der Waals surface area contributed by atoms with E-state index in [1.54, 1.807) is 43.5 Å². The van der Waals surface area contributed by atoms with Gasteiger partial charge in [-0.2, -0.15) is 0 Å². The minimum atomic E-state index is -0.367. The van der Waals surface area contributed by atoms with Gasteiger partial charge in [-0.05, 0) is 24.3 Å². The number of aliphatic hydroxyl groups excluding tert-OH is 1. The summed E-state index contributed by atoms with van der Waals surface area (Å²) in [6.07, 6.45) is 4.98. The van der Waals surface area contributed by atoms with E-state index in [1.165, 1.54) is 18.7 Å². The Kier molecular flexibility index (Phi) is 7.31. The Balaban J connectivity index is 1.51. The van der Waals surface area contributed by atoms with Crippen LogP contribution in [-0.2, 0) is 0 Å². The van der Waals surface area contributed by atoms with Gasteiger partial charge >= 0.3 is 0 Å². The third kappa shape index (κ3) is 5.48. The highest BCUT2D eigenvalue weighted by molar-refractivity contribution is 6.31. The fourth-order valence-electron chi connectivity index (χ4n) is 3.08. The van der Waals surface area contributed by atoms with Crippen LogP contribution in [0.5, 0.6) is 11.5 Å². The van der Waals surface area contributed by atoms with Crippen molar-refractivity contribution in [1.29, 1.82) is 0 Å². The SMILES string of the molecule is COc1cc2c(Nc3cnc(NC(=O)c4cccc(Cl)c4)nc3)ncnc2cc1OCCCO. The largest absolute Gasteiger partial charge is 0.493 e. The van der Waals surface area contributed by atoms with Crippen molar-refractivity contribution in [2.45, 2.75) is 6.42 Å². The van der Waals surface area contributed by atoms with E-state index in [9.17, 15) is 4.79 Å². The molecule has 34 heavy (non-hydrogen) atoms. The molecule has 0 fully saturated rings. The Hall–Kier alpha value is -4.02. The molecule has 0 aliphatic rings. The summed E-state index contributed by atoms with van der Waals surface area (Å²) in [6.45, 7) is 0.392. The zero-order valence-electron chi connectivity index (χ0n) is 18.2. The lowest BCUT2D eigenvalue weighted by atomic mass is 10.2. The molecule has 2 aromatic heterocycles. The van der Waals surface area contributed by atoms with E-state index < -0.39 is 0 Å². The number of aliphatic hydroxyl groups is 1. The lowest BCUT2D eigenvalue weighted by Crippen LogP contribution is -2.14. The molecule has 0 bridgehead atoms. The van der Waals surface area contributed by atoms with Crippen LogP contribution >= 0.6 is 11.6 Å². The van der Waals surface area contributed by atoms with E-state index in [-0.39, 0.29) is 18.5 Å². The van der Waals surface area contributed by atoms with Crippen molar-refractivity contribution in [1.82, 2.24) is 19.9 Å². The zero-order chi connectivity index (χ0) is 23.9. The van der Waals surface area contributed by atoms with E-state index in [1.807, 2.05) is 0 Å². The van der Waals surface area contributed by atoms with Crippen LogP contribution in [-0.4, -0.2) is 51.3 Å². The van der Waals surface area contributed by atoms with E-state index in [2.05, 4.69) is 30.6 Å². The first kappa shape index (κ1) is 23.1. The van der Waals surface area contributed by atoms with Crippen LogP contribution in [0.2, 0.25) is 5.02 Å². The van der Waals surface area contributed by atoms with E-state index >= 15 is 0 Å². The number of carbonyl (C=O) groups is 1. The highest BCUT2D eigenvalue weighted by Crippen LogP contribution is 2.34. The predicted octanol–water partition coefficient (Wildman–Crippen LogP) is 3.84. The van der Waals surface area contributed by atoms with Crippen molar-refractivity contribution in [3.05, 3.63) is 65.7 Å². The number of rotatable bonds is 9. The number of anilines is 3. The van der Waals surface area contributed by atoms with Gasteiger partial charge in [-0.25, -0.2) is 19.9 Å². The van der Waals surface area contributed by atoms with Crippen LogP contribution in [0.15, 0.2) is 55.1 Å². The monoisotopic (exact) mass is 480 g/mol. The molecule has 0 atom stereocenters. The van der Waals surface area contributed by atoms with Gasteiger partial charge in [0, 0.05) is 35.1 Å². The molecule has 0 radical (unpaired) electrons. The number of fused-ring (bicyclic) bond motifs is 1. The number of benzene rings is 2. The van der Waals surface area contributed by atoms with Crippen molar-refractivity contribution in [2.24, 2.45) is 0 Å². The molecule has 0 spiro atoms. The normalized spacial score (nSPS) is 10.7. The molecule has 11 heteroatoms. The number of amides is 1. The van der Waals surface area contributed by atoms with Crippen molar-refractivity contribution < 1.29 is 19.4 Å². The van der Waals surface area contributed by atoms with Crippen molar-refractivity contribution in [3.8, 4) is 11.5 Å². The van der Waals surface area contributed by atoms with Gasteiger partial charge in [-0.1, -0.05) is 17.7 Å². The third-order valence-electron chi connectivity index (χ3n) is 4.71. The lowest BCUT2D eigenvalue weighted by Gasteiger charge is -2.13. The molecule has 0 aliphatic carbocycles. The molecule has 0 saturated carbocycles. The number of aromatic nitrogens is 4. The minimum absolute atomic E-state index is 0.0390. The summed E-state index contributed by atoms with van der Waals surface area (Å²) in [6, 6.07) is 10.1. The molecule has 2 aromatic carbocycles. The van der Waals surface area contributed by atoms with Gasteiger partial charge in [0.2, 0.25) is 5.95 Å². The Morgan fingerprint density at radius 3 is 2.65 bits per heavy atom. The maximum absolute atomic E-state index is 12.3. The van der Waals surface area contributed by atoms with Gasteiger partial charge in [0.1, 0.15) is 12.1 Å². The van der Waals surface area contributed by atoms with Crippen LogP contribution in [0.3, 0.4) is 0 Å². The molecule has 174 valence electrons. The Morgan fingerprint density at radius 2 is 1.91 bits per heavy atom. The number of hydrogen-bond acceptors (Lipinski definition) is 9. The van der Waals surface area contributed by atoms with Crippen molar-refractivity contribution >= 4 is 45.9 Å². The van der Waals surface area contributed by atoms with Crippen molar-refractivity contribution in [2.75, 3.05) is 31.0 Å². The first-order valence-corrected chi connectivity index (χ1v) is 10.7. The molecular weight excluding hydrogens is 460 g/mol. The van der Waals surface area contributed by atoms with Crippen LogP contribution < -0.4 is 20.1 Å². The predicted molar refractivity (Wildman–Crippen MR) is 128 cm³/mol. The quantitative estimate of drug-likeness (QED) is 0.306. The molecule has 0 saturated heterocycles.